The van der Waals surface area contributed by atoms with Crippen LogP contribution in [0.2, 0.25) is 0 Å². The summed E-state index contributed by atoms with van der Waals surface area (Å²) in [6.45, 7) is 5.52. The maximum atomic E-state index is 12.7. The smallest absolute Gasteiger partial charge is 0.444 e. The minimum absolute atomic E-state index is 0.0207. The van der Waals surface area contributed by atoms with Gasteiger partial charge in [-0.25, -0.2) is 9.78 Å². The van der Waals surface area contributed by atoms with Crippen molar-refractivity contribution in [2.75, 3.05) is 13.1 Å². The summed E-state index contributed by atoms with van der Waals surface area (Å²) in [6, 6.07) is 5.94. The predicted molar refractivity (Wildman–Crippen MR) is 95.7 cm³/mol. The Kier molecular flexibility index (Phi) is 5.10. The number of fused-ring (bicyclic) bond motifs is 1. The van der Waals surface area contributed by atoms with Crippen LogP contribution in [0.5, 0.6) is 5.88 Å². The second-order valence-corrected chi connectivity index (χ2v) is 9.01. The van der Waals surface area contributed by atoms with Crippen molar-refractivity contribution in [3.8, 4) is 5.88 Å². The van der Waals surface area contributed by atoms with Crippen LogP contribution in [-0.4, -0.2) is 53.6 Å². The van der Waals surface area contributed by atoms with E-state index in [4.69, 9.17) is 4.74 Å². The molecular weight excluding hydrogens is 415 g/mol. The fraction of sp³-hybridized carbons (Fsp3) is 0.471. The van der Waals surface area contributed by atoms with E-state index in [1.54, 1.807) is 26.8 Å². The number of hydrogen-bond acceptors (Lipinski definition) is 7. The summed E-state index contributed by atoms with van der Waals surface area (Å²) in [5, 5.41) is 0.0207. The zero-order valence-electron chi connectivity index (χ0n) is 15.7. The minimum Gasteiger partial charge on any atom is -0.444 e. The van der Waals surface area contributed by atoms with E-state index in [0.29, 0.717) is 0 Å². The molecule has 158 valence electrons. The van der Waals surface area contributed by atoms with Gasteiger partial charge in [0.15, 0.2) is 0 Å². The van der Waals surface area contributed by atoms with Crippen LogP contribution >= 0.6 is 0 Å². The molecule has 2 aromatic rings. The number of amides is 1. The van der Waals surface area contributed by atoms with E-state index in [1.165, 1.54) is 23.1 Å². The topological polar surface area (TPSA) is 98.7 Å². The van der Waals surface area contributed by atoms with Crippen LogP contribution in [0.25, 0.3) is 10.9 Å². The number of hydrogen-bond donors (Lipinski definition) is 0. The molecule has 29 heavy (non-hydrogen) atoms. The van der Waals surface area contributed by atoms with Crippen LogP contribution in [0.4, 0.5) is 18.0 Å². The summed E-state index contributed by atoms with van der Waals surface area (Å²) in [6.07, 6.45) is -0.536. The summed E-state index contributed by atoms with van der Waals surface area (Å²) in [5.41, 5.74) is -6.04. The van der Waals surface area contributed by atoms with Crippen molar-refractivity contribution in [1.82, 2.24) is 14.9 Å². The Balaban J connectivity index is 1.87. The number of likely N-dealkylation sites (tertiary alicyclic amines) is 1. The molecule has 0 aliphatic carbocycles. The first-order valence-electron chi connectivity index (χ1n) is 8.52. The normalized spacial score (nSPS) is 15.9. The molecule has 8 nitrogen and oxygen atoms in total. The third kappa shape index (κ3) is 4.52. The van der Waals surface area contributed by atoms with Crippen molar-refractivity contribution in [1.29, 1.82) is 0 Å². The van der Waals surface area contributed by atoms with Crippen molar-refractivity contribution in [2.45, 2.75) is 37.8 Å². The lowest BCUT2D eigenvalue weighted by molar-refractivity contribution is -0.0501. The zero-order valence-corrected chi connectivity index (χ0v) is 16.5. The highest BCUT2D eigenvalue weighted by atomic mass is 32.2. The van der Waals surface area contributed by atoms with Crippen molar-refractivity contribution >= 4 is 27.1 Å². The highest BCUT2D eigenvalue weighted by Crippen LogP contribution is 2.33. The van der Waals surface area contributed by atoms with Crippen LogP contribution in [-0.2, 0) is 14.9 Å². The van der Waals surface area contributed by atoms with Gasteiger partial charge in [-0.05, 0) is 32.9 Å². The largest absolute Gasteiger partial charge is 0.534 e. The second kappa shape index (κ2) is 7.01. The average Bonchev–Trinajstić information content (AvgIpc) is 2.50. The first kappa shape index (κ1) is 21.1. The van der Waals surface area contributed by atoms with Crippen LogP contribution in [0.1, 0.15) is 32.5 Å². The molecule has 0 saturated carbocycles. The van der Waals surface area contributed by atoms with Gasteiger partial charge in [0.25, 0.3) is 0 Å². The lowest BCUT2D eigenvalue weighted by Gasteiger charge is -2.38. The molecule has 3 rings (SSSR count). The summed E-state index contributed by atoms with van der Waals surface area (Å²) in [7, 11) is -5.89. The number of halogens is 3. The first-order valence-corrected chi connectivity index (χ1v) is 9.93. The number of benzene rings is 1. The number of ether oxygens (including phenoxy) is 1. The maximum absolute atomic E-state index is 12.7. The number of carbonyl (C=O) groups is 1. The number of nitrogens with zero attached hydrogens (tertiary/aromatic N) is 3. The molecule has 1 fully saturated rings. The molecule has 0 unspecified atom stereocenters. The third-order valence-corrected chi connectivity index (χ3v) is 4.90. The maximum Gasteiger partial charge on any atom is 0.534 e. The van der Waals surface area contributed by atoms with E-state index in [1.807, 2.05) is 0 Å². The molecule has 1 aliphatic heterocycles. The number of carbonyl (C=O) groups excluding carboxylic acids is 1. The Morgan fingerprint density at radius 1 is 1.14 bits per heavy atom. The van der Waals surface area contributed by atoms with Gasteiger partial charge in [0.1, 0.15) is 11.4 Å². The molecule has 12 heteroatoms. The Morgan fingerprint density at radius 3 is 2.34 bits per heavy atom. The van der Waals surface area contributed by atoms with E-state index >= 15 is 0 Å². The molecule has 0 radical (unpaired) electrons. The standard InChI is InChI=1S/C17H18F3N3O5S/c1-16(2,3)27-15(24)23-8-10(9-23)13-21-12-7-5-4-6-11(12)14(22-13)28-29(25,26)17(18,19)20/h4-7,10H,8-9H2,1-3H3. The predicted octanol–water partition coefficient (Wildman–Crippen LogP) is 3.19. The molecule has 2 heterocycles. The van der Waals surface area contributed by atoms with Crippen LogP contribution in [0, 0.1) is 0 Å². The highest BCUT2D eigenvalue weighted by molar-refractivity contribution is 7.88. The number of rotatable bonds is 3. The van der Waals surface area contributed by atoms with Gasteiger partial charge < -0.3 is 13.8 Å². The second-order valence-electron chi connectivity index (χ2n) is 7.47. The summed E-state index contributed by atoms with van der Waals surface area (Å²) >= 11 is 0. The molecular formula is C17H18F3N3O5S. The van der Waals surface area contributed by atoms with Gasteiger partial charge in [0.05, 0.1) is 16.8 Å². The minimum atomic E-state index is -5.89. The lowest BCUT2D eigenvalue weighted by Crippen LogP contribution is -2.50. The van der Waals surface area contributed by atoms with Crippen LogP contribution in [0.15, 0.2) is 24.3 Å². The Morgan fingerprint density at radius 2 is 1.76 bits per heavy atom. The molecule has 0 N–H and O–H groups in total. The Hall–Kier alpha value is -2.63. The van der Waals surface area contributed by atoms with Crippen molar-refractivity contribution in [3.05, 3.63) is 30.1 Å². The van der Waals surface area contributed by atoms with Crippen LogP contribution < -0.4 is 4.18 Å². The van der Waals surface area contributed by atoms with E-state index < -0.39 is 39.1 Å². The van der Waals surface area contributed by atoms with Gasteiger partial charge in [-0.15, -0.1) is 0 Å². The van der Waals surface area contributed by atoms with Gasteiger partial charge >= 0.3 is 21.7 Å². The summed E-state index contributed by atoms with van der Waals surface area (Å²) < 4.78 is 70.5. The molecule has 1 aromatic heterocycles. The van der Waals surface area contributed by atoms with Gasteiger partial charge in [-0.1, -0.05) is 12.1 Å². The monoisotopic (exact) mass is 433 g/mol. The Labute approximate surface area is 164 Å². The molecule has 1 aromatic carbocycles. The number of aromatic nitrogens is 2. The molecule has 0 atom stereocenters. The molecule has 0 bridgehead atoms. The molecule has 1 amide bonds. The summed E-state index contributed by atoms with van der Waals surface area (Å²) in [4.78, 5) is 21.6. The van der Waals surface area contributed by atoms with Crippen molar-refractivity contribution < 1.29 is 35.3 Å². The molecule has 0 spiro atoms. The van der Waals surface area contributed by atoms with Crippen molar-refractivity contribution in [3.63, 3.8) is 0 Å². The average molecular weight is 433 g/mol. The fourth-order valence-electron chi connectivity index (χ4n) is 2.58. The quantitative estimate of drug-likeness (QED) is 0.541. The molecule has 1 aliphatic rings. The Bertz CT molecular complexity index is 1040. The number of alkyl halides is 3. The van der Waals surface area contributed by atoms with Gasteiger partial charge in [-0.2, -0.15) is 26.6 Å². The van der Waals surface area contributed by atoms with Crippen LogP contribution in [0.3, 0.4) is 0 Å². The van der Waals surface area contributed by atoms with Gasteiger partial charge in [0.2, 0.25) is 5.88 Å². The van der Waals surface area contributed by atoms with E-state index in [0.717, 1.165) is 0 Å². The number of para-hydroxylation sites is 1. The fourth-order valence-corrected chi connectivity index (χ4v) is 3.01. The summed E-state index contributed by atoms with van der Waals surface area (Å²) in [5.74, 6) is -1.03. The SMILES string of the molecule is CC(C)(C)OC(=O)N1CC(c2nc(OS(=O)(=O)C(F)(F)F)c3ccccc3n2)C1. The lowest BCUT2D eigenvalue weighted by atomic mass is 9.99. The van der Waals surface area contributed by atoms with Gasteiger partial charge in [0, 0.05) is 13.1 Å². The highest BCUT2D eigenvalue weighted by Gasteiger charge is 2.49. The third-order valence-electron chi connectivity index (χ3n) is 3.96. The van der Waals surface area contributed by atoms with E-state index in [-0.39, 0.29) is 29.8 Å². The van der Waals surface area contributed by atoms with Gasteiger partial charge in [-0.3, -0.25) is 0 Å². The zero-order chi connectivity index (χ0) is 21.6. The van der Waals surface area contributed by atoms with E-state index in [9.17, 15) is 26.4 Å². The molecule has 1 saturated heterocycles. The van der Waals surface area contributed by atoms with E-state index in [2.05, 4.69) is 14.2 Å². The first-order chi connectivity index (χ1) is 13.3. The van der Waals surface area contributed by atoms with Crippen molar-refractivity contribution in [2.24, 2.45) is 0 Å².